The number of amides is 1. The summed E-state index contributed by atoms with van der Waals surface area (Å²) in [4.78, 5) is 27.8. The number of nitrogens with two attached hydrogens (primary N) is 1. The first-order chi connectivity index (χ1) is 18.2. The molecule has 0 spiro atoms. The lowest BCUT2D eigenvalue weighted by Gasteiger charge is -2.30. The fourth-order valence-corrected chi connectivity index (χ4v) is 5.58. The highest BCUT2D eigenvalue weighted by Gasteiger charge is 2.31. The maximum Gasteiger partial charge on any atom is 0.410 e. The van der Waals surface area contributed by atoms with Crippen LogP contribution in [0.15, 0.2) is 24.3 Å². The lowest BCUT2D eigenvalue weighted by molar-refractivity contribution is 0.0226. The highest BCUT2D eigenvalue weighted by Crippen LogP contribution is 2.36. The first-order valence-electron chi connectivity index (χ1n) is 14.6. The molecule has 0 aliphatic carbocycles. The summed E-state index contributed by atoms with van der Waals surface area (Å²) in [5.41, 5.74) is 7.07. The van der Waals surface area contributed by atoms with E-state index in [0.717, 1.165) is 42.5 Å². The van der Waals surface area contributed by atoms with Crippen molar-refractivity contribution in [1.82, 2.24) is 4.90 Å². The van der Waals surface area contributed by atoms with Crippen LogP contribution in [0.1, 0.15) is 126 Å². The number of esters is 1. The van der Waals surface area contributed by atoms with Crippen LogP contribution in [0.3, 0.4) is 0 Å². The third-order valence-electron chi connectivity index (χ3n) is 6.52. The lowest BCUT2D eigenvalue weighted by Crippen LogP contribution is -2.39. The molecule has 1 aliphatic heterocycles. The fraction of sp³-hybridized carbons (Fsp3) is 0.677. The molecule has 214 valence electrons. The quantitative estimate of drug-likeness (QED) is 0.127. The lowest BCUT2D eigenvalue weighted by atomic mass is 10.0. The van der Waals surface area contributed by atoms with E-state index < -0.39 is 5.60 Å². The van der Waals surface area contributed by atoms with E-state index in [4.69, 9.17) is 15.2 Å². The SMILES string of the molecule is CCCCC/C=C\C/C=C\CCCCCCCCOC(=O)c1c(N)sc2c1CCN(C(=O)OC(C)(C)C)C2. The van der Waals surface area contributed by atoms with Crippen LogP contribution in [0.2, 0.25) is 0 Å². The van der Waals surface area contributed by atoms with Crippen molar-refractivity contribution in [2.75, 3.05) is 18.9 Å². The molecule has 0 radical (unpaired) electrons. The molecule has 0 atom stereocenters. The zero-order valence-corrected chi connectivity index (χ0v) is 25.0. The fourth-order valence-electron chi connectivity index (χ4n) is 4.46. The number of hydrogen-bond donors (Lipinski definition) is 1. The van der Waals surface area contributed by atoms with Crippen molar-refractivity contribution >= 4 is 28.4 Å². The molecule has 6 nitrogen and oxygen atoms in total. The Bertz CT molecular complexity index is 914. The molecule has 0 aromatic carbocycles. The Hall–Kier alpha value is -2.28. The second-order valence-electron chi connectivity index (χ2n) is 11.1. The smallest absolute Gasteiger partial charge is 0.410 e. The van der Waals surface area contributed by atoms with Gasteiger partial charge in [-0.1, -0.05) is 69.8 Å². The van der Waals surface area contributed by atoms with Crippen molar-refractivity contribution < 1.29 is 19.1 Å². The molecule has 7 heteroatoms. The van der Waals surface area contributed by atoms with Crippen LogP contribution in [-0.4, -0.2) is 35.7 Å². The molecule has 0 saturated heterocycles. The Morgan fingerprint density at radius 1 is 0.947 bits per heavy atom. The summed E-state index contributed by atoms with van der Waals surface area (Å²) in [6, 6.07) is 0. The summed E-state index contributed by atoms with van der Waals surface area (Å²) < 4.78 is 11.0. The first kappa shape index (κ1) is 31.9. The van der Waals surface area contributed by atoms with E-state index in [2.05, 4.69) is 31.2 Å². The van der Waals surface area contributed by atoms with Crippen LogP contribution in [0, 0.1) is 0 Å². The van der Waals surface area contributed by atoms with Crippen molar-refractivity contribution in [3.63, 3.8) is 0 Å². The Labute approximate surface area is 234 Å². The number of anilines is 1. The van der Waals surface area contributed by atoms with Gasteiger partial charge in [0.1, 0.15) is 10.6 Å². The van der Waals surface area contributed by atoms with Gasteiger partial charge in [-0.05, 0) is 71.3 Å². The number of ether oxygens (including phenoxy) is 2. The van der Waals surface area contributed by atoms with Gasteiger partial charge in [-0.15, -0.1) is 11.3 Å². The van der Waals surface area contributed by atoms with Crippen molar-refractivity contribution in [2.45, 2.75) is 123 Å². The summed E-state index contributed by atoms with van der Waals surface area (Å²) in [6.07, 6.45) is 23.6. The number of nitrogens with zero attached hydrogens (tertiary/aromatic N) is 1. The third-order valence-corrected chi connectivity index (χ3v) is 7.56. The van der Waals surface area contributed by atoms with Crippen LogP contribution in [0.5, 0.6) is 0 Å². The minimum atomic E-state index is -0.539. The molecular weight excluding hydrogens is 496 g/mol. The van der Waals surface area contributed by atoms with Gasteiger partial charge in [0.05, 0.1) is 18.7 Å². The van der Waals surface area contributed by atoms with Gasteiger partial charge in [0.15, 0.2) is 0 Å². The molecule has 1 amide bonds. The van der Waals surface area contributed by atoms with Crippen LogP contribution < -0.4 is 5.73 Å². The second-order valence-corrected chi connectivity index (χ2v) is 12.3. The van der Waals surface area contributed by atoms with Crippen LogP contribution in [-0.2, 0) is 22.4 Å². The average Bonchev–Trinajstić information content (AvgIpc) is 3.19. The van der Waals surface area contributed by atoms with Crippen LogP contribution >= 0.6 is 11.3 Å². The highest BCUT2D eigenvalue weighted by atomic mass is 32.1. The second kappa shape index (κ2) is 17.3. The van der Waals surface area contributed by atoms with E-state index in [1.165, 1.54) is 56.3 Å². The minimum Gasteiger partial charge on any atom is -0.462 e. The van der Waals surface area contributed by atoms with E-state index in [0.29, 0.717) is 36.7 Å². The van der Waals surface area contributed by atoms with Gasteiger partial charge >= 0.3 is 12.1 Å². The number of unbranched alkanes of at least 4 members (excludes halogenated alkanes) is 9. The minimum absolute atomic E-state index is 0.336. The molecular formula is C31H50N2O4S. The molecule has 2 heterocycles. The van der Waals surface area contributed by atoms with E-state index in [9.17, 15) is 9.59 Å². The van der Waals surface area contributed by atoms with Gasteiger partial charge in [0.25, 0.3) is 0 Å². The van der Waals surface area contributed by atoms with Crippen LogP contribution in [0.25, 0.3) is 0 Å². The molecule has 0 saturated carbocycles. The van der Waals surface area contributed by atoms with Crippen molar-refractivity contribution in [3.8, 4) is 0 Å². The monoisotopic (exact) mass is 546 g/mol. The molecule has 1 aromatic heterocycles. The van der Waals surface area contributed by atoms with Gasteiger partial charge in [0.2, 0.25) is 0 Å². The summed E-state index contributed by atoms with van der Waals surface area (Å²) in [5.74, 6) is -0.340. The number of hydrogen-bond acceptors (Lipinski definition) is 6. The maximum absolute atomic E-state index is 12.8. The molecule has 0 fully saturated rings. The Morgan fingerprint density at radius 2 is 1.58 bits per heavy atom. The molecule has 38 heavy (non-hydrogen) atoms. The number of fused-ring (bicyclic) bond motifs is 1. The number of carbonyl (C=O) groups is 2. The van der Waals surface area contributed by atoms with Crippen molar-refractivity contribution in [1.29, 1.82) is 0 Å². The van der Waals surface area contributed by atoms with Gasteiger partial charge in [0, 0.05) is 11.4 Å². The number of thiophene rings is 1. The molecule has 2 N–H and O–H groups in total. The summed E-state index contributed by atoms with van der Waals surface area (Å²) >= 11 is 1.37. The summed E-state index contributed by atoms with van der Waals surface area (Å²) in [6.45, 7) is 9.14. The van der Waals surface area contributed by atoms with E-state index >= 15 is 0 Å². The molecule has 0 unspecified atom stereocenters. The third kappa shape index (κ3) is 12.1. The number of rotatable bonds is 16. The largest absolute Gasteiger partial charge is 0.462 e. The molecule has 0 bridgehead atoms. The van der Waals surface area contributed by atoms with Gasteiger partial charge in [-0.25, -0.2) is 9.59 Å². The standard InChI is InChI=1S/C31H50N2O4S/c1-5-6-7-8-9-10-11-12-13-14-15-16-17-18-19-20-23-36-29(34)27-25-21-22-33(24-26(25)38-28(27)32)30(35)37-31(2,3)4/h9-10,12-13H,5-8,11,14-24,32H2,1-4H3/b10-9-,13-12-. The molecule has 2 rings (SSSR count). The average molecular weight is 547 g/mol. The predicted molar refractivity (Wildman–Crippen MR) is 159 cm³/mol. The number of carbonyl (C=O) groups excluding carboxylic acids is 2. The zero-order chi connectivity index (χ0) is 27.8. The Kier molecular flexibility index (Phi) is 14.6. The first-order valence-corrected chi connectivity index (χ1v) is 15.4. The van der Waals surface area contributed by atoms with Gasteiger partial charge in [-0.2, -0.15) is 0 Å². The Morgan fingerprint density at radius 3 is 2.24 bits per heavy atom. The topological polar surface area (TPSA) is 81.9 Å². The maximum atomic E-state index is 12.8. The summed E-state index contributed by atoms with van der Waals surface area (Å²) in [7, 11) is 0. The van der Waals surface area contributed by atoms with Gasteiger partial charge < -0.3 is 20.1 Å². The van der Waals surface area contributed by atoms with E-state index in [-0.39, 0.29) is 12.1 Å². The van der Waals surface area contributed by atoms with Gasteiger partial charge in [-0.3, -0.25) is 0 Å². The highest BCUT2D eigenvalue weighted by molar-refractivity contribution is 7.16. The van der Waals surface area contributed by atoms with Crippen molar-refractivity contribution in [3.05, 3.63) is 40.3 Å². The Balaban J connectivity index is 1.57. The molecule has 1 aromatic rings. The normalized spacial score (nSPS) is 13.8. The zero-order valence-electron chi connectivity index (χ0n) is 24.2. The number of nitrogen functional groups attached to an aromatic ring is 1. The predicted octanol–water partition coefficient (Wildman–Crippen LogP) is 8.59. The van der Waals surface area contributed by atoms with Crippen molar-refractivity contribution in [2.24, 2.45) is 0 Å². The van der Waals surface area contributed by atoms with E-state index in [1.54, 1.807) is 4.90 Å². The van der Waals surface area contributed by atoms with E-state index in [1.807, 2.05) is 20.8 Å². The number of allylic oxidation sites excluding steroid dienone is 4. The molecule has 1 aliphatic rings. The summed E-state index contributed by atoms with van der Waals surface area (Å²) in [5, 5.41) is 0.475. The van der Waals surface area contributed by atoms with Crippen LogP contribution in [0.4, 0.5) is 9.80 Å².